The number of hydrogen-bond donors (Lipinski definition) is 3. The van der Waals surface area contributed by atoms with Gasteiger partial charge in [0, 0.05) is 25.1 Å². The van der Waals surface area contributed by atoms with Crippen molar-refractivity contribution in [3.8, 4) is 0 Å². The Hall–Kier alpha value is -2.37. The van der Waals surface area contributed by atoms with E-state index in [1.165, 1.54) is 5.56 Å². The fourth-order valence-electron chi connectivity index (χ4n) is 2.36. The SMILES string of the molecule is Cc1ccc(CNC(=O)c2cccc(CNC(=O)CCCN)c2)cc1.Cl. The van der Waals surface area contributed by atoms with Crippen LogP contribution in [-0.4, -0.2) is 18.4 Å². The molecule has 0 spiro atoms. The molecule has 0 fully saturated rings. The quantitative estimate of drug-likeness (QED) is 0.663. The largest absolute Gasteiger partial charge is 0.352 e. The number of nitrogens with one attached hydrogen (secondary N) is 2. The summed E-state index contributed by atoms with van der Waals surface area (Å²) in [5, 5.41) is 5.75. The number of halogens is 1. The number of nitrogens with two attached hydrogens (primary N) is 1. The second-order valence-corrected chi connectivity index (χ2v) is 6.04. The molecule has 6 heteroatoms. The average Bonchev–Trinajstić information content (AvgIpc) is 2.64. The summed E-state index contributed by atoms with van der Waals surface area (Å²) in [4.78, 5) is 23.9. The van der Waals surface area contributed by atoms with E-state index in [0.29, 0.717) is 38.0 Å². The highest BCUT2D eigenvalue weighted by atomic mass is 35.5. The Bertz CT molecular complexity index is 717. The molecule has 0 aliphatic heterocycles. The van der Waals surface area contributed by atoms with Crippen molar-refractivity contribution in [2.24, 2.45) is 5.73 Å². The first-order valence-electron chi connectivity index (χ1n) is 8.48. The van der Waals surface area contributed by atoms with Crippen LogP contribution in [0.3, 0.4) is 0 Å². The fraction of sp³-hybridized carbons (Fsp3) is 0.300. The third kappa shape index (κ3) is 7.25. The molecule has 0 saturated heterocycles. The van der Waals surface area contributed by atoms with Crippen LogP contribution in [0.2, 0.25) is 0 Å². The smallest absolute Gasteiger partial charge is 0.251 e. The first-order chi connectivity index (χ1) is 12.1. The van der Waals surface area contributed by atoms with E-state index in [0.717, 1.165) is 11.1 Å². The van der Waals surface area contributed by atoms with Crippen LogP contribution >= 0.6 is 12.4 Å². The Morgan fingerprint density at radius 3 is 2.35 bits per heavy atom. The Kier molecular flexibility index (Phi) is 9.41. The molecular formula is C20H26ClN3O2. The first-order valence-corrected chi connectivity index (χ1v) is 8.48. The molecule has 0 radical (unpaired) electrons. The number of carbonyl (C=O) groups is 2. The maximum atomic E-state index is 12.3. The van der Waals surface area contributed by atoms with Gasteiger partial charge in [-0.3, -0.25) is 9.59 Å². The zero-order valence-corrected chi connectivity index (χ0v) is 15.8. The van der Waals surface area contributed by atoms with Gasteiger partial charge in [-0.25, -0.2) is 0 Å². The summed E-state index contributed by atoms with van der Waals surface area (Å²) >= 11 is 0. The lowest BCUT2D eigenvalue weighted by Crippen LogP contribution is -2.24. The topological polar surface area (TPSA) is 84.2 Å². The number of carbonyl (C=O) groups excluding carboxylic acids is 2. The fourth-order valence-corrected chi connectivity index (χ4v) is 2.36. The van der Waals surface area contributed by atoms with E-state index in [4.69, 9.17) is 5.73 Å². The number of rotatable bonds is 8. The third-order valence-corrected chi connectivity index (χ3v) is 3.86. The summed E-state index contributed by atoms with van der Waals surface area (Å²) in [7, 11) is 0. The van der Waals surface area contributed by atoms with Gasteiger partial charge in [0.2, 0.25) is 5.91 Å². The van der Waals surface area contributed by atoms with Crippen molar-refractivity contribution < 1.29 is 9.59 Å². The van der Waals surface area contributed by atoms with Gasteiger partial charge in [-0.1, -0.05) is 42.0 Å². The number of benzene rings is 2. The molecule has 0 heterocycles. The third-order valence-electron chi connectivity index (χ3n) is 3.86. The standard InChI is InChI=1S/C20H25N3O2.ClH/c1-15-7-9-16(10-8-15)13-23-20(25)18-5-2-4-17(12-18)14-22-19(24)6-3-11-21;/h2,4-5,7-10,12H,3,6,11,13-14,21H2,1H3,(H,22,24)(H,23,25);1H. The molecule has 5 nitrogen and oxygen atoms in total. The maximum absolute atomic E-state index is 12.3. The van der Waals surface area contributed by atoms with Gasteiger partial charge in [-0.15, -0.1) is 12.4 Å². The molecule has 26 heavy (non-hydrogen) atoms. The molecule has 0 bridgehead atoms. The van der Waals surface area contributed by atoms with E-state index in [-0.39, 0.29) is 24.2 Å². The summed E-state index contributed by atoms with van der Waals surface area (Å²) in [5.74, 6) is -0.156. The highest BCUT2D eigenvalue weighted by Gasteiger charge is 2.07. The Morgan fingerprint density at radius 2 is 1.65 bits per heavy atom. The van der Waals surface area contributed by atoms with Gasteiger partial charge in [0.05, 0.1) is 0 Å². The minimum atomic E-state index is -0.128. The molecule has 2 aromatic carbocycles. The van der Waals surface area contributed by atoms with Gasteiger partial charge in [-0.2, -0.15) is 0 Å². The Morgan fingerprint density at radius 1 is 0.962 bits per heavy atom. The first kappa shape index (κ1) is 21.7. The minimum absolute atomic E-state index is 0. The monoisotopic (exact) mass is 375 g/mol. The summed E-state index contributed by atoms with van der Waals surface area (Å²) in [5.41, 5.74) is 9.12. The van der Waals surface area contributed by atoms with E-state index in [1.807, 2.05) is 43.3 Å². The van der Waals surface area contributed by atoms with E-state index in [9.17, 15) is 9.59 Å². The number of amides is 2. The van der Waals surface area contributed by atoms with Crippen LogP contribution in [0.4, 0.5) is 0 Å². The Labute approximate surface area is 160 Å². The molecule has 140 valence electrons. The molecular weight excluding hydrogens is 350 g/mol. The van der Waals surface area contributed by atoms with E-state index < -0.39 is 0 Å². The van der Waals surface area contributed by atoms with Crippen LogP contribution in [0.5, 0.6) is 0 Å². The summed E-state index contributed by atoms with van der Waals surface area (Å²) < 4.78 is 0. The lowest BCUT2D eigenvalue weighted by atomic mass is 10.1. The second kappa shape index (κ2) is 11.3. The summed E-state index contributed by atoms with van der Waals surface area (Å²) in [6.07, 6.45) is 1.10. The van der Waals surface area contributed by atoms with Crippen molar-refractivity contribution in [2.45, 2.75) is 32.9 Å². The zero-order chi connectivity index (χ0) is 18.1. The van der Waals surface area contributed by atoms with E-state index in [2.05, 4.69) is 10.6 Å². The average molecular weight is 376 g/mol. The lowest BCUT2D eigenvalue weighted by Gasteiger charge is -2.09. The maximum Gasteiger partial charge on any atom is 0.251 e. The van der Waals surface area contributed by atoms with Crippen LogP contribution in [0.1, 0.15) is 39.9 Å². The molecule has 0 aliphatic carbocycles. The molecule has 0 saturated carbocycles. The van der Waals surface area contributed by atoms with Crippen LogP contribution < -0.4 is 16.4 Å². The van der Waals surface area contributed by atoms with E-state index in [1.54, 1.807) is 12.1 Å². The molecule has 0 unspecified atom stereocenters. The van der Waals surface area contributed by atoms with Crippen LogP contribution in [0.25, 0.3) is 0 Å². The molecule has 2 amide bonds. The van der Waals surface area contributed by atoms with Crippen LogP contribution in [0, 0.1) is 6.92 Å². The predicted molar refractivity (Wildman–Crippen MR) is 106 cm³/mol. The Balaban J connectivity index is 0.00000338. The van der Waals surface area contributed by atoms with E-state index >= 15 is 0 Å². The summed E-state index contributed by atoms with van der Waals surface area (Å²) in [6, 6.07) is 15.3. The minimum Gasteiger partial charge on any atom is -0.352 e. The van der Waals surface area contributed by atoms with Gasteiger partial charge in [0.15, 0.2) is 0 Å². The highest BCUT2D eigenvalue weighted by molar-refractivity contribution is 5.94. The predicted octanol–water partition coefficient (Wildman–Crippen LogP) is 2.70. The normalized spacial score (nSPS) is 9.92. The van der Waals surface area contributed by atoms with Crippen LogP contribution in [0.15, 0.2) is 48.5 Å². The van der Waals surface area contributed by atoms with Crippen molar-refractivity contribution in [3.63, 3.8) is 0 Å². The number of hydrogen-bond acceptors (Lipinski definition) is 3. The highest BCUT2D eigenvalue weighted by Crippen LogP contribution is 2.07. The van der Waals surface area contributed by atoms with Crippen molar-refractivity contribution >= 4 is 24.2 Å². The lowest BCUT2D eigenvalue weighted by molar-refractivity contribution is -0.121. The molecule has 4 N–H and O–H groups in total. The molecule has 2 aromatic rings. The van der Waals surface area contributed by atoms with Gasteiger partial charge in [0.1, 0.15) is 0 Å². The van der Waals surface area contributed by atoms with Gasteiger partial charge in [-0.05, 0) is 43.1 Å². The van der Waals surface area contributed by atoms with Crippen LogP contribution in [-0.2, 0) is 17.9 Å². The van der Waals surface area contributed by atoms with Crippen molar-refractivity contribution in [1.82, 2.24) is 10.6 Å². The van der Waals surface area contributed by atoms with Gasteiger partial charge in [0.25, 0.3) is 5.91 Å². The van der Waals surface area contributed by atoms with Gasteiger partial charge < -0.3 is 16.4 Å². The zero-order valence-electron chi connectivity index (χ0n) is 15.0. The van der Waals surface area contributed by atoms with Crippen molar-refractivity contribution in [3.05, 3.63) is 70.8 Å². The summed E-state index contributed by atoms with van der Waals surface area (Å²) in [6.45, 7) is 3.42. The molecule has 2 rings (SSSR count). The molecule has 0 atom stereocenters. The number of aryl methyl sites for hydroxylation is 1. The molecule has 0 aliphatic rings. The van der Waals surface area contributed by atoms with Crippen molar-refractivity contribution in [1.29, 1.82) is 0 Å². The second-order valence-electron chi connectivity index (χ2n) is 6.04. The molecule has 0 aromatic heterocycles. The van der Waals surface area contributed by atoms with Gasteiger partial charge >= 0.3 is 0 Å². The van der Waals surface area contributed by atoms with Crippen molar-refractivity contribution in [2.75, 3.05) is 6.54 Å².